The smallest absolute Gasteiger partial charge is 0.232 e. The lowest BCUT2D eigenvalue weighted by Crippen LogP contribution is -2.27. The zero-order chi connectivity index (χ0) is 8.55. The van der Waals surface area contributed by atoms with E-state index in [1.54, 1.807) is 0 Å². The summed E-state index contributed by atoms with van der Waals surface area (Å²) in [5.74, 6) is 0. The maximum atomic E-state index is 4.27. The molecule has 0 radical (unpaired) electrons. The van der Waals surface area contributed by atoms with E-state index in [1.807, 2.05) is 36.1 Å². The number of halogens is 1. The van der Waals surface area contributed by atoms with Crippen molar-refractivity contribution in [2.24, 2.45) is 7.05 Å². The lowest BCUT2D eigenvalue weighted by molar-refractivity contribution is -0.645. The molecule has 0 unspecified atom stereocenters. The fraction of sp³-hybridized carbons (Fsp3) is 0.111. The molecule has 3 heteroatoms. The van der Waals surface area contributed by atoms with Gasteiger partial charge in [0.25, 0.3) is 0 Å². The predicted molar refractivity (Wildman–Crippen MR) is 50.6 cm³/mol. The summed E-state index contributed by atoms with van der Waals surface area (Å²) >= 11 is 3.39. The van der Waals surface area contributed by atoms with Crippen molar-refractivity contribution in [1.29, 1.82) is 0 Å². The first-order chi connectivity index (χ1) is 5.77. The Bertz CT molecular complexity index is 426. The molecule has 0 aliphatic carbocycles. The van der Waals surface area contributed by atoms with Crippen LogP contribution in [0.4, 0.5) is 0 Å². The van der Waals surface area contributed by atoms with Crippen LogP contribution in [0.2, 0.25) is 0 Å². The molecule has 0 aliphatic rings. The van der Waals surface area contributed by atoms with E-state index in [0.29, 0.717) is 0 Å². The number of nitrogens with zero attached hydrogens (tertiary/aromatic N) is 2. The van der Waals surface area contributed by atoms with Crippen molar-refractivity contribution in [3.63, 3.8) is 0 Å². The van der Waals surface area contributed by atoms with Crippen molar-refractivity contribution in [3.8, 4) is 0 Å². The minimum absolute atomic E-state index is 1.01. The van der Waals surface area contributed by atoms with Crippen LogP contribution in [0.15, 0.2) is 35.1 Å². The van der Waals surface area contributed by atoms with Gasteiger partial charge in [-0.25, -0.2) is 4.98 Å². The molecule has 0 amide bonds. The second kappa shape index (κ2) is 2.83. The molecule has 0 N–H and O–H groups in total. The Morgan fingerprint density at radius 2 is 2.33 bits per heavy atom. The lowest BCUT2D eigenvalue weighted by Gasteiger charge is -1.94. The molecule has 0 aromatic carbocycles. The minimum atomic E-state index is 1.01. The number of hydrogen-bond acceptors (Lipinski definition) is 1. The third kappa shape index (κ3) is 1.20. The van der Waals surface area contributed by atoms with Gasteiger partial charge < -0.3 is 0 Å². The van der Waals surface area contributed by atoms with Crippen molar-refractivity contribution >= 4 is 27.0 Å². The lowest BCUT2D eigenvalue weighted by atomic mass is 10.3. The van der Waals surface area contributed by atoms with Gasteiger partial charge in [0, 0.05) is 22.8 Å². The Morgan fingerprint density at radius 1 is 1.50 bits per heavy atom. The van der Waals surface area contributed by atoms with E-state index in [4.69, 9.17) is 0 Å². The molecule has 0 bridgehead atoms. The van der Waals surface area contributed by atoms with Crippen molar-refractivity contribution in [3.05, 3.63) is 35.1 Å². The van der Waals surface area contributed by atoms with Crippen LogP contribution in [-0.4, -0.2) is 4.98 Å². The number of fused-ring (bicyclic) bond motifs is 1. The van der Waals surface area contributed by atoms with Crippen LogP contribution in [-0.2, 0) is 7.05 Å². The molecule has 60 valence electrons. The molecule has 0 atom stereocenters. The Hall–Kier alpha value is -0.960. The second-order valence-electron chi connectivity index (χ2n) is 2.68. The maximum absolute atomic E-state index is 4.27. The molecular weight excluding hydrogens is 216 g/mol. The molecule has 2 aromatic rings. The first-order valence-electron chi connectivity index (χ1n) is 3.67. The Kier molecular flexibility index (Phi) is 1.81. The predicted octanol–water partition coefficient (Wildman–Crippen LogP) is 1.82. The van der Waals surface area contributed by atoms with Gasteiger partial charge >= 0.3 is 0 Å². The highest BCUT2D eigenvalue weighted by molar-refractivity contribution is 9.10. The van der Waals surface area contributed by atoms with E-state index in [-0.39, 0.29) is 0 Å². The Morgan fingerprint density at radius 3 is 3.17 bits per heavy atom. The molecule has 0 fully saturated rings. The van der Waals surface area contributed by atoms with Crippen LogP contribution in [0.25, 0.3) is 11.0 Å². The molecule has 0 spiro atoms. The van der Waals surface area contributed by atoms with E-state index in [2.05, 4.69) is 27.0 Å². The first-order valence-corrected chi connectivity index (χ1v) is 4.46. The summed E-state index contributed by atoms with van der Waals surface area (Å²) in [5, 5.41) is 0. The summed E-state index contributed by atoms with van der Waals surface area (Å²) in [7, 11) is 2.01. The number of pyridine rings is 2. The Balaban J connectivity index is 2.88. The molecule has 2 rings (SSSR count). The molecule has 0 aliphatic heterocycles. The van der Waals surface area contributed by atoms with Crippen LogP contribution in [0.1, 0.15) is 0 Å². The minimum Gasteiger partial charge on any atom is -0.249 e. The third-order valence-corrected chi connectivity index (χ3v) is 2.24. The van der Waals surface area contributed by atoms with Crippen LogP contribution in [0.3, 0.4) is 0 Å². The second-order valence-corrected chi connectivity index (χ2v) is 3.59. The van der Waals surface area contributed by atoms with Gasteiger partial charge in [-0.3, -0.25) is 0 Å². The highest BCUT2D eigenvalue weighted by Crippen LogP contribution is 2.12. The van der Waals surface area contributed by atoms with Crippen molar-refractivity contribution in [1.82, 2.24) is 4.98 Å². The monoisotopic (exact) mass is 223 g/mol. The van der Waals surface area contributed by atoms with E-state index < -0.39 is 0 Å². The summed E-state index contributed by atoms with van der Waals surface area (Å²) in [6.07, 6.45) is 3.82. The number of aryl methyl sites for hydroxylation is 1. The molecular formula is C9H8BrN2+. The quantitative estimate of drug-likeness (QED) is 0.623. The van der Waals surface area contributed by atoms with Crippen molar-refractivity contribution in [2.75, 3.05) is 0 Å². The van der Waals surface area contributed by atoms with Gasteiger partial charge in [0.05, 0.1) is 0 Å². The van der Waals surface area contributed by atoms with E-state index in [1.165, 1.54) is 0 Å². The zero-order valence-corrected chi connectivity index (χ0v) is 8.25. The fourth-order valence-corrected chi connectivity index (χ4v) is 1.51. The van der Waals surface area contributed by atoms with E-state index >= 15 is 0 Å². The summed E-state index contributed by atoms with van der Waals surface area (Å²) in [6.45, 7) is 0. The standard InChI is InChI=1S/C9H8BrN2/c1-12-4-2-3-8-9(12)5-7(10)6-11-8/h2-6H,1H3/q+1. The average Bonchev–Trinajstić information content (AvgIpc) is 2.07. The Labute approximate surface area is 79.0 Å². The van der Waals surface area contributed by atoms with Gasteiger partial charge in [0.2, 0.25) is 5.52 Å². The number of hydrogen-bond donors (Lipinski definition) is 0. The SMILES string of the molecule is C[n+]1cccc2ncc(Br)cc21. The fourth-order valence-electron chi connectivity index (χ4n) is 1.19. The van der Waals surface area contributed by atoms with Crippen molar-refractivity contribution in [2.45, 2.75) is 0 Å². The first kappa shape index (κ1) is 7.68. The summed E-state index contributed by atoms with van der Waals surface area (Å²) < 4.78 is 3.06. The van der Waals surface area contributed by atoms with Crippen LogP contribution < -0.4 is 4.57 Å². The van der Waals surface area contributed by atoms with Crippen LogP contribution in [0.5, 0.6) is 0 Å². The molecule has 12 heavy (non-hydrogen) atoms. The van der Waals surface area contributed by atoms with Gasteiger partial charge in [-0.1, -0.05) is 0 Å². The third-order valence-electron chi connectivity index (χ3n) is 1.81. The van der Waals surface area contributed by atoms with Crippen LogP contribution in [0, 0.1) is 0 Å². The largest absolute Gasteiger partial charge is 0.249 e. The van der Waals surface area contributed by atoms with Crippen LogP contribution >= 0.6 is 15.9 Å². The highest BCUT2D eigenvalue weighted by atomic mass is 79.9. The molecule has 0 saturated heterocycles. The maximum Gasteiger partial charge on any atom is 0.232 e. The number of rotatable bonds is 0. The van der Waals surface area contributed by atoms with Gasteiger partial charge in [-0.05, 0) is 22.0 Å². The van der Waals surface area contributed by atoms with E-state index in [0.717, 1.165) is 15.5 Å². The van der Waals surface area contributed by atoms with E-state index in [9.17, 15) is 0 Å². The normalized spacial score (nSPS) is 10.5. The van der Waals surface area contributed by atoms with Gasteiger partial charge in [0.15, 0.2) is 6.20 Å². The highest BCUT2D eigenvalue weighted by Gasteiger charge is 2.04. The molecule has 2 heterocycles. The zero-order valence-electron chi connectivity index (χ0n) is 6.66. The van der Waals surface area contributed by atoms with Gasteiger partial charge in [-0.15, -0.1) is 0 Å². The number of aromatic nitrogens is 2. The van der Waals surface area contributed by atoms with Crippen molar-refractivity contribution < 1.29 is 4.57 Å². The molecule has 2 aromatic heterocycles. The summed E-state index contributed by atoms with van der Waals surface area (Å²) in [4.78, 5) is 4.27. The van der Waals surface area contributed by atoms with Gasteiger partial charge in [-0.2, -0.15) is 4.57 Å². The molecule has 2 nitrogen and oxygen atoms in total. The summed E-state index contributed by atoms with van der Waals surface area (Å²) in [5.41, 5.74) is 2.15. The topological polar surface area (TPSA) is 16.8 Å². The average molecular weight is 224 g/mol. The van der Waals surface area contributed by atoms with Gasteiger partial charge in [0.1, 0.15) is 12.6 Å². The molecule has 0 saturated carbocycles. The summed E-state index contributed by atoms with van der Waals surface area (Å²) in [6, 6.07) is 6.05.